The molecule has 1 amide bonds. The number of carbonyl (C=O) groups is 3. The summed E-state index contributed by atoms with van der Waals surface area (Å²) in [4.78, 5) is 33.5. The summed E-state index contributed by atoms with van der Waals surface area (Å²) < 4.78 is 22.8. The van der Waals surface area contributed by atoms with Crippen molar-refractivity contribution in [2.75, 3.05) is 7.11 Å². The smallest absolute Gasteiger partial charge is 0.439 e. The Morgan fingerprint density at radius 3 is 2.45 bits per heavy atom. The van der Waals surface area contributed by atoms with Crippen molar-refractivity contribution in [3.8, 4) is 0 Å². The van der Waals surface area contributed by atoms with Gasteiger partial charge in [0.25, 0.3) is 0 Å². The summed E-state index contributed by atoms with van der Waals surface area (Å²) in [7, 11) is 1.12. The lowest BCUT2D eigenvalue weighted by molar-refractivity contribution is -0.151. The van der Waals surface area contributed by atoms with E-state index < -0.39 is 35.6 Å². The molecule has 0 heterocycles. The highest BCUT2D eigenvalue weighted by Crippen LogP contribution is 2.12. The number of aliphatic carboxylic acids is 1. The zero-order valence-electron chi connectivity index (χ0n) is 11.9. The Morgan fingerprint density at radius 1 is 1.27 bits per heavy atom. The van der Waals surface area contributed by atoms with Crippen LogP contribution < -0.4 is 0 Å². The standard InChI is InChI=1S/C14H16FNO6/c1-21-12(17)8-7-11(13(18)19)16(15)14(20)22-9-10-5-3-2-4-6-10/h2-6,11H,7-9H2,1H3,(H,18,19). The number of ether oxygens (including phenoxy) is 2. The summed E-state index contributed by atoms with van der Waals surface area (Å²) in [5.74, 6) is -2.28. The molecule has 1 rings (SSSR count). The fraction of sp³-hybridized carbons (Fsp3) is 0.357. The fourth-order valence-electron chi connectivity index (χ4n) is 1.60. The Bertz CT molecular complexity index is 521. The quantitative estimate of drug-likeness (QED) is 0.610. The number of carbonyl (C=O) groups excluding carboxylic acids is 2. The maximum absolute atomic E-state index is 13.8. The van der Waals surface area contributed by atoms with Gasteiger partial charge in [-0.25, -0.2) is 9.59 Å². The first-order valence-electron chi connectivity index (χ1n) is 6.41. The summed E-state index contributed by atoms with van der Waals surface area (Å²) in [5, 5.41) is 8.39. The van der Waals surface area contributed by atoms with Crippen molar-refractivity contribution in [1.82, 2.24) is 5.12 Å². The second kappa shape index (κ2) is 8.60. The molecule has 7 nitrogen and oxygen atoms in total. The Kier molecular flexibility index (Phi) is 6.81. The van der Waals surface area contributed by atoms with Gasteiger partial charge in [-0.1, -0.05) is 34.8 Å². The molecule has 0 fully saturated rings. The molecule has 0 aromatic heterocycles. The first-order valence-corrected chi connectivity index (χ1v) is 6.41. The lowest BCUT2D eigenvalue weighted by Crippen LogP contribution is -2.40. The van der Waals surface area contributed by atoms with Gasteiger partial charge in [0.15, 0.2) is 6.04 Å². The van der Waals surface area contributed by atoms with Crippen molar-refractivity contribution in [3.63, 3.8) is 0 Å². The van der Waals surface area contributed by atoms with Crippen molar-refractivity contribution in [1.29, 1.82) is 0 Å². The molecule has 0 radical (unpaired) electrons. The number of carboxylic acids is 1. The highest BCUT2D eigenvalue weighted by atomic mass is 19.2. The first-order chi connectivity index (χ1) is 10.5. The van der Waals surface area contributed by atoms with E-state index in [4.69, 9.17) is 5.11 Å². The van der Waals surface area contributed by atoms with Crippen LogP contribution >= 0.6 is 0 Å². The van der Waals surface area contributed by atoms with Crippen LogP contribution in [0, 0.1) is 0 Å². The Balaban J connectivity index is 2.56. The molecule has 0 spiro atoms. The number of nitrogens with zero attached hydrogens (tertiary/aromatic N) is 1. The number of methoxy groups -OCH3 is 1. The van der Waals surface area contributed by atoms with Gasteiger partial charge >= 0.3 is 18.0 Å². The summed E-state index contributed by atoms with van der Waals surface area (Å²) in [5.41, 5.74) is 0.630. The summed E-state index contributed by atoms with van der Waals surface area (Å²) in [6.45, 7) is -0.191. The van der Waals surface area contributed by atoms with Crippen LogP contribution in [0.2, 0.25) is 0 Å². The zero-order chi connectivity index (χ0) is 16.5. The number of carboxylic acid groups (broad SMARTS) is 1. The van der Waals surface area contributed by atoms with E-state index in [0.29, 0.717) is 5.56 Å². The third-order valence-corrected chi connectivity index (χ3v) is 2.79. The molecular weight excluding hydrogens is 297 g/mol. The zero-order valence-corrected chi connectivity index (χ0v) is 11.9. The molecule has 1 aromatic carbocycles. The fourth-order valence-corrected chi connectivity index (χ4v) is 1.60. The highest BCUT2D eigenvalue weighted by Gasteiger charge is 2.32. The molecule has 22 heavy (non-hydrogen) atoms. The lowest BCUT2D eigenvalue weighted by Gasteiger charge is -2.19. The van der Waals surface area contributed by atoms with E-state index in [1.165, 1.54) is 0 Å². The summed E-state index contributed by atoms with van der Waals surface area (Å²) in [6, 6.07) is 6.71. The first kappa shape index (κ1) is 17.4. The van der Waals surface area contributed by atoms with E-state index in [1.807, 2.05) is 0 Å². The van der Waals surface area contributed by atoms with Gasteiger partial charge in [0.2, 0.25) is 0 Å². The van der Waals surface area contributed by atoms with E-state index >= 15 is 0 Å². The van der Waals surface area contributed by atoms with Crippen LogP contribution in [0.3, 0.4) is 0 Å². The van der Waals surface area contributed by atoms with Gasteiger partial charge in [-0.05, 0) is 12.0 Å². The predicted octanol–water partition coefficient (Wildman–Crippen LogP) is 1.92. The van der Waals surface area contributed by atoms with Crippen LogP contribution in [0.5, 0.6) is 0 Å². The molecule has 8 heteroatoms. The average Bonchev–Trinajstić information content (AvgIpc) is 2.52. The predicted molar refractivity (Wildman–Crippen MR) is 72.2 cm³/mol. The van der Waals surface area contributed by atoms with Gasteiger partial charge in [-0.2, -0.15) is 0 Å². The number of hydrogen-bond donors (Lipinski definition) is 1. The molecule has 0 bridgehead atoms. The molecule has 1 unspecified atom stereocenters. The average molecular weight is 313 g/mol. The topological polar surface area (TPSA) is 93.1 Å². The van der Waals surface area contributed by atoms with E-state index in [2.05, 4.69) is 9.47 Å². The van der Waals surface area contributed by atoms with Crippen LogP contribution in [0.25, 0.3) is 0 Å². The minimum absolute atomic E-state index is 0.191. The maximum Gasteiger partial charge on any atom is 0.439 e. The van der Waals surface area contributed by atoms with Crippen LogP contribution in [0.15, 0.2) is 30.3 Å². The van der Waals surface area contributed by atoms with E-state index in [0.717, 1.165) is 7.11 Å². The molecular formula is C14H16FNO6. The van der Waals surface area contributed by atoms with Crippen molar-refractivity contribution < 1.29 is 33.4 Å². The molecule has 1 aromatic rings. The number of rotatable bonds is 7. The van der Waals surface area contributed by atoms with Crippen LogP contribution in [-0.2, 0) is 25.7 Å². The SMILES string of the molecule is COC(=O)CCC(C(=O)O)N(F)C(=O)OCc1ccccc1. The van der Waals surface area contributed by atoms with Gasteiger partial charge in [-0.15, -0.1) is 5.12 Å². The highest BCUT2D eigenvalue weighted by molar-refractivity contribution is 5.80. The van der Waals surface area contributed by atoms with Gasteiger partial charge in [0.1, 0.15) is 6.61 Å². The normalized spacial score (nSPS) is 11.4. The molecule has 120 valence electrons. The Hall–Kier alpha value is -2.64. The van der Waals surface area contributed by atoms with E-state index in [9.17, 15) is 18.9 Å². The van der Waals surface area contributed by atoms with Gasteiger partial charge in [0, 0.05) is 6.42 Å². The number of halogens is 1. The molecule has 1 N–H and O–H groups in total. The lowest BCUT2D eigenvalue weighted by atomic mass is 10.1. The van der Waals surface area contributed by atoms with E-state index in [1.54, 1.807) is 30.3 Å². The number of esters is 1. The minimum Gasteiger partial charge on any atom is -0.480 e. The third-order valence-electron chi connectivity index (χ3n) is 2.79. The van der Waals surface area contributed by atoms with Gasteiger partial charge < -0.3 is 14.6 Å². The van der Waals surface area contributed by atoms with Crippen LogP contribution in [0.4, 0.5) is 9.28 Å². The monoisotopic (exact) mass is 313 g/mol. The van der Waals surface area contributed by atoms with Gasteiger partial charge in [0.05, 0.1) is 7.11 Å². The van der Waals surface area contributed by atoms with E-state index in [-0.39, 0.29) is 13.0 Å². The molecule has 0 aliphatic heterocycles. The number of benzene rings is 1. The third kappa shape index (κ3) is 5.39. The molecule has 0 saturated carbocycles. The van der Waals surface area contributed by atoms with Crippen molar-refractivity contribution >= 4 is 18.0 Å². The molecule has 0 saturated heterocycles. The second-order valence-electron chi connectivity index (χ2n) is 4.32. The number of hydrogen-bond acceptors (Lipinski definition) is 5. The molecule has 1 atom stereocenters. The summed E-state index contributed by atoms with van der Waals surface area (Å²) in [6.07, 6.45) is -2.18. The van der Waals surface area contributed by atoms with Crippen molar-refractivity contribution in [2.45, 2.75) is 25.5 Å². The van der Waals surface area contributed by atoms with Gasteiger partial charge in [-0.3, -0.25) is 4.79 Å². The minimum atomic E-state index is -1.82. The molecule has 0 aliphatic carbocycles. The van der Waals surface area contributed by atoms with Crippen molar-refractivity contribution in [2.24, 2.45) is 0 Å². The molecule has 0 aliphatic rings. The second-order valence-corrected chi connectivity index (χ2v) is 4.32. The Morgan fingerprint density at radius 2 is 1.91 bits per heavy atom. The Labute approximate surface area is 126 Å². The van der Waals surface area contributed by atoms with Crippen LogP contribution in [0.1, 0.15) is 18.4 Å². The maximum atomic E-state index is 13.8. The van der Waals surface area contributed by atoms with Crippen molar-refractivity contribution in [3.05, 3.63) is 35.9 Å². The number of amides is 1. The van der Waals surface area contributed by atoms with Crippen LogP contribution in [-0.4, -0.2) is 41.4 Å². The largest absolute Gasteiger partial charge is 0.480 e. The summed E-state index contributed by atoms with van der Waals surface area (Å²) >= 11 is 0.